The van der Waals surface area contributed by atoms with Gasteiger partial charge in [0.2, 0.25) is 0 Å². The number of amides is 1. The first kappa shape index (κ1) is 14.6. The van der Waals surface area contributed by atoms with Gasteiger partial charge in [0.05, 0.1) is 4.90 Å². The summed E-state index contributed by atoms with van der Waals surface area (Å²) in [6, 6.07) is 13.0. The Hall–Kier alpha value is -2.93. The van der Waals surface area contributed by atoms with Crippen molar-refractivity contribution in [2.45, 2.75) is 4.90 Å². The molecule has 0 saturated heterocycles. The smallest absolute Gasteiger partial charge is 0.262 e. The summed E-state index contributed by atoms with van der Waals surface area (Å²) in [5, 5.41) is 3.75. The number of hydrogen-bond acceptors (Lipinski definition) is 3. The molecule has 0 aromatic heterocycles. The van der Waals surface area contributed by atoms with Crippen LogP contribution in [0.15, 0.2) is 59.5 Å². The van der Waals surface area contributed by atoms with E-state index in [4.69, 9.17) is 0 Å². The molecule has 1 aliphatic rings. The summed E-state index contributed by atoms with van der Waals surface area (Å²) >= 11 is 0. The number of carbonyl (C=O) groups excluding carboxylic acids is 1. The van der Waals surface area contributed by atoms with E-state index in [0.717, 1.165) is 0 Å². The Morgan fingerprint density at radius 3 is 2.46 bits per heavy atom. The third-order valence-corrected chi connectivity index (χ3v) is 5.32. The molecule has 0 bridgehead atoms. The monoisotopic (exact) mass is 342 g/mol. The molecule has 0 radical (unpaired) electrons. The fourth-order valence-corrected chi connectivity index (χ4v) is 4.09. The standard InChI is InChI=1S/C17H11FN2O3S/c18-10-4-6-11(7-5-10)20-24(22,23)15-9-8-14-16-12(15)2-1-3-13(16)17(21)19-14/h1-9,20H,(H,19,21). The van der Waals surface area contributed by atoms with Gasteiger partial charge < -0.3 is 5.32 Å². The van der Waals surface area contributed by atoms with Crippen LogP contribution in [-0.2, 0) is 10.0 Å². The minimum atomic E-state index is -3.89. The van der Waals surface area contributed by atoms with Crippen LogP contribution in [-0.4, -0.2) is 14.3 Å². The second kappa shape index (κ2) is 5.04. The molecule has 0 fully saturated rings. The first-order chi connectivity index (χ1) is 11.5. The van der Waals surface area contributed by atoms with Gasteiger partial charge >= 0.3 is 0 Å². The third-order valence-electron chi connectivity index (χ3n) is 3.88. The SMILES string of the molecule is O=C1Nc2ccc(S(=O)(=O)Nc3ccc(F)cc3)c3cccc1c23. The van der Waals surface area contributed by atoms with E-state index in [2.05, 4.69) is 10.0 Å². The predicted molar refractivity (Wildman–Crippen MR) is 89.1 cm³/mol. The average Bonchev–Trinajstić information content (AvgIpc) is 2.88. The molecule has 3 aromatic rings. The van der Waals surface area contributed by atoms with Gasteiger partial charge in [0.25, 0.3) is 15.9 Å². The number of hydrogen-bond donors (Lipinski definition) is 2. The van der Waals surface area contributed by atoms with Crippen molar-refractivity contribution in [3.8, 4) is 0 Å². The number of carbonyl (C=O) groups is 1. The summed E-state index contributed by atoms with van der Waals surface area (Å²) < 4.78 is 40.8. The second-order valence-electron chi connectivity index (χ2n) is 5.41. The van der Waals surface area contributed by atoms with E-state index in [1.807, 2.05) is 0 Å². The molecular weight excluding hydrogens is 331 g/mol. The van der Waals surface area contributed by atoms with Gasteiger partial charge in [-0.15, -0.1) is 0 Å². The quantitative estimate of drug-likeness (QED) is 0.766. The molecule has 7 heteroatoms. The first-order valence-electron chi connectivity index (χ1n) is 7.11. The number of benzene rings is 3. The maximum atomic E-state index is 13.0. The molecule has 0 unspecified atom stereocenters. The lowest BCUT2D eigenvalue weighted by Gasteiger charge is -2.11. The predicted octanol–water partition coefficient (Wildman–Crippen LogP) is 3.35. The molecule has 1 aliphatic heterocycles. The van der Waals surface area contributed by atoms with Crippen molar-refractivity contribution in [3.63, 3.8) is 0 Å². The molecule has 2 N–H and O–H groups in total. The highest BCUT2D eigenvalue weighted by Crippen LogP contribution is 2.36. The van der Waals surface area contributed by atoms with Crippen LogP contribution in [0.4, 0.5) is 15.8 Å². The van der Waals surface area contributed by atoms with Crippen molar-refractivity contribution >= 4 is 38.1 Å². The van der Waals surface area contributed by atoms with Gasteiger partial charge in [0.15, 0.2) is 0 Å². The molecule has 0 saturated carbocycles. The fourth-order valence-electron chi connectivity index (χ4n) is 2.83. The van der Waals surface area contributed by atoms with Gasteiger partial charge in [0, 0.05) is 27.7 Å². The molecule has 0 atom stereocenters. The topological polar surface area (TPSA) is 75.3 Å². The number of rotatable bonds is 3. The van der Waals surface area contributed by atoms with Crippen molar-refractivity contribution in [3.05, 3.63) is 66.0 Å². The summed E-state index contributed by atoms with van der Waals surface area (Å²) in [4.78, 5) is 12.0. The van der Waals surface area contributed by atoms with Crippen LogP contribution in [0.3, 0.4) is 0 Å². The maximum absolute atomic E-state index is 13.0. The average molecular weight is 342 g/mol. The van der Waals surface area contributed by atoms with Crippen molar-refractivity contribution in [2.24, 2.45) is 0 Å². The van der Waals surface area contributed by atoms with Crippen LogP contribution >= 0.6 is 0 Å². The van der Waals surface area contributed by atoms with Crippen LogP contribution < -0.4 is 10.0 Å². The van der Waals surface area contributed by atoms with Gasteiger partial charge in [-0.3, -0.25) is 9.52 Å². The Balaban J connectivity index is 1.86. The van der Waals surface area contributed by atoms with E-state index in [0.29, 0.717) is 22.0 Å². The number of sulfonamides is 1. The van der Waals surface area contributed by atoms with Crippen LogP contribution in [0.5, 0.6) is 0 Å². The Labute approximate surface area is 137 Å². The molecule has 24 heavy (non-hydrogen) atoms. The lowest BCUT2D eigenvalue weighted by Crippen LogP contribution is -2.13. The Morgan fingerprint density at radius 1 is 0.958 bits per heavy atom. The maximum Gasteiger partial charge on any atom is 0.262 e. The molecular formula is C17H11FN2O3S. The van der Waals surface area contributed by atoms with Gasteiger partial charge in [0.1, 0.15) is 5.82 Å². The highest BCUT2D eigenvalue weighted by molar-refractivity contribution is 7.93. The summed E-state index contributed by atoms with van der Waals surface area (Å²) in [7, 11) is -3.89. The van der Waals surface area contributed by atoms with Crippen molar-refractivity contribution in [1.29, 1.82) is 0 Å². The van der Waals surface area contributed by atoms with E-state index in [9.17, 15) is 17.6 Å². The van der Waals surface area contributed by atoms with E-state index >= 15 is 0 Å². The van der Waals surface area contributed by atoms with Gasteiger partial charge in [-0.1, -0.05) is 12.1 Å². The van der Waals surface area contributed by atoms with Gasteiger partial charge in [-0.05, 0) is 42.5 Å². The fraction of sp³-hybridized carbons (Fsp3) is 0. The Bertz CT molecular complexity index is 1090. The molecule has 120 valence electrons. The lowest BCUT2D eigenvalue weighted by atomic mass is 10.1. The van der Waals surface area contributed by atoms with E-state index in [1.165, 1.54) is 30.3 Å². The van der Waals surface area contributed by atoms with Crippen LogP contribution in [0.2, 0.25) is 0 Å². The first-order valence-corrected chi connectivity index (χ1v) is 8.59. The van der Waals surface area contributed by atoms with E-state index in [1.54, 1.807) is 24.3 Å². The molecule has 0 aliphatic carbocycles. The zero-order valence-corrected chi connectivity index (χ0v) is 13.0. The zero-order chi connectivity index (χ0) is 16.9. The minimum Gasteiger partial charge on any atom is -0.321 e. The minimum absolute atomic E-state index is 0.0592. The lowest BCUT2D eigenvalue weighted by molar-refractivity contribution is 0.103. The van der Waals surface area contributed by atoms with E-state index < -0.39 is 15.8 Å². The Kier molecular flexibility index (Phi) is 3.07. The molecule has 0 spiro atoms. The third kappa shape index (κ3) is 2.21. The van der Waals surface area contributed by atoms with Gasteiger partial charge in [-0.25, -0.2) is 12.8 Å². The summed E-state index contributed by atoms with van der Waals surface area (Å²) in [5.74, 6) is -0.704. The van der Waals surface area contributed by atoms with Gasteiger partial charge in [-0.2, -0.15) is 0 Å². The van der Waals surface area contributed by atoms with E-state index in [-0.39, 0.29) is 16.5 Å². The van der Waals surface area contributed by atoms with Crippen molar-refractivity contribution in [2.75, 3.05) is 10.0 Å². The summed E-state index contributed by atoms with van der Waals surface area (Å²) in [5.41, 5.74) is 1.29. The summed E-state index contributed by atoms with van der Waals surface area (Å²) in [6.45, 7) is 0. The number of nitrogens with one attached hydrogen (secondary N) is 2. The van der Waals surface area contributed by atoms with Crippen molar-refractivity contribution < 1.29 is 17.6 Å². The highest BCUT2D eigenvalue weighted by Gasteiger charge is 2.26. The zero-order valence-electron chi connectivity index (χ0n) is 12.2. The normalized spacial score (nSPS) is 13.1. The number of anilines is 2. The van der Waals surface area contributed by atoms with Crippen molar-refractivity contribution in [1.82, 2.24) is 0 Å². The molecule has 4 rings (SSSR count). The van der Waals surface area contributed by atoms with Crippen LogP contribution in [0, 0.1) is 5.82 Å². The summed E-state index contributed by atoms with van der Waals surface area (Å²) in [6.07, 6.45) is 0. The molecule has 1 heterocycles. The van der Waals surface area contributed by atoms with Crippen LogP contribution in [0.1, 0.15) is 10.4 Å². The molecule has 5 nitrogen and oxygen atoms in total. The number of halogens is 1. The molecule has 1 amide bonds. The highest BCUT2D eigenvalue weighted by atomic mass is 32.2. The second-order valence-corrected chi connectivity index (χ2v) is 7.06. The molecule has 3 aromatic carbocycles. The van der Waals surface area contributed by atoms with Crippen LogP contribution in [0.25, 0.3) is 10.8 Å². The largest absolute Gasteiger partial charge is 0.321 e. The Morgan fingerprint density at radius 2 is 1.71 bits per heavy atom.